The van der Waals surface area contributed by atoms with Crippen LogP contribution in [0.25, 0.3) is 0 Å². The number of rotatable bonds is 6. The van der Waals surface area contributed by atoms with Gasteiger partial charge in [-0.25, -0.2) is 13.1 Å². The lowest BCUT2D eigenvalue weighted by molar-refractivity contribution is -0.141. The summed E-state index contributed by atoms with van der Waals surface area (Å²) in [6.45, 7) is -0.0156. The number of alkyl halides is 3. The van der Waals surface area contributed by atoms with Gasteiger partial charge in [-0.3, -0.25) is 4.68 Å². The Morgan fingerprint density at radius 2 is 1.82 bits per heavy atom. The first-order chi connectivity index (χ1) is 10.3. The zero-order valence-electron chi connectivity index (χ0n) is 11.4. The number of nitrogens with zero attached hydrogens (tertiary/aromatic N) is 2. The van der Waals surface area contributed by atoms with E-state index in [4.69, 9.17) is 0 Å². The lowest BCUT2D eigenvalue weighted by atomic mass is 10.2. The summed E-state index contributed by atoms with van der Waals surface area (Å²) in [7, 11) is -3.54. The molecule has 0 saturated carbocycles. The van der Waals surface area contributed by atoms with Crippen molar-refractivity contribution in [2.75, 3.05) is 6.54 Å². The highest BCUT2D eigenvalue weighted by Gasteiger charge is 2.33. The number of hydrogen-bond donors (Lipinski definition) is 1. The third-order valence-corrected chi connectivity index (χ3v) is 4.15. The van der Waals surface area contributed by atoms with Gasteiger partial charge >= 0.3 is 6.18 Å². The summed E-state index contributed by atoms with van der Waals surface area (Å²) in [6.07, 6.45) is -3.34. The molecule has 0 atom stereocenters. The number of halogens is 3. The van der Waals surface area contributed by atoms with Crippen LogP contribution in [0.15, 0.2) is 42.6 Å². The highest BCUT2D eigenvalue weighted by molar-refractivity contribution is 7.88. The van der Waals surface area contributed by atoms with Gasteiger partial charge in [0.15, 0.2) is 5.69 Å². The Balaban J connectivity index is 1.86. The van der Waals surface area contributed by atoms with Gasteiger partial charge in [-0.1, -0.05) is 30.3 Å². The Kier molecular flexibility index (Phi) is 4.87. The van der Waals surface area contributed by atoms with Crippen LogP contribution in [0.1, 0.15) is 11.3 Å². The summed E-state index contributed by atoms with van der Waals surface area (Å²) >= 11 is 0. The molecule has 0 unspecified atom stereocenters. The molecule has 1 aromatic carbocycles. The minimum Gasteiger partial charge on any atom is -0.271 e. The predicted molar refractivity (Wildman–Crippen MR) is 74.3 cm³/mol. The standard InChI is InChI=1S/C13H14F3N3O2S/c14-13(15,16)12-6-8-19(18-12)9-7-17-22(20,21)10-11-4-2-1-3-5-11/h1-6,8,17H,7,9-10H2. The summed E-state index contributed by atoms with van der Waals surface area (Å²) in [5.41, 5.74) is -0.368. The summed E-state index contributed by atoms with van der Waals surface area (Å²) in [6, 6.07) is 9.45. The van der Waals surface area contributed by atoms with Crippen molar-refractivity contribution in [3.63, 3.8) is 0 Å². The molecule has 0 amide bonds. The van der Waals surface area contributed by atoms with E-state index in [2.05, 4.69) is 9.82 Å². The van der Waals surface area contributed by atoms with Crippen LogP contribution < -0.4 is 4.72 Å². The van der Waals surface area contributed by atoms with Crippen molar-refractivity contribution in [2.45, 2.75) is 18.5 Å². The average molecular weight is 333 g/mol. The molecule has 1 N–H and O–H groups in total. The molecule has 9 heteroatoms. The van der Waals surface area contributed by atoms with E-state index in [1.807, 2.05) is 0 Å². The molecule has 1 aromatic heterocycles. The molecular weight excluding hydrogens is 319 g/mol. The quantitative estimate of drug-likeness (QED) is 0.880. The SMILES string of the molecule is O=S(=O)(Cc1ccccc1)NCCn1ccc(C(F)(F)F)n1. The van der Waals surface area contributed by atoms with Crippen LogP contribution in [0, 0.1) is 0 Å². The zero-order valence-corrected chi connectivity index (χ0v) is 12.2. The van der Waals surface area contributed by atoms with E-state index in [-0.39, 0.29) is 18.8 Å². The molecule has 0 spiro atoms. The highest BCUT2D eigenvalue weighted by atomic mass is 32.2. The maximum Gasteiger partial charge on any atom is 0.435 e. The molecule has 0 fully saturated rings. The van der Waals surface area contributed by atoms with Crippen LogP contribution in [0.5, 0.6) is 0 Å². The number of hydrogen-bond acceptors (Lipinski definition) is 3. The molecule has 0 aliphatic carbocycles. The molecule has 0 radical (unpaired) electrons. The lowest BCUT2D eigenvalue weighted by Gasteiger charge is -2.07. The number of nitrogens with one attached hydrogen (secondary N) is 1. The molecule has 5 nitrogen and oxygen atoms in total. The predicted octanol–water partition coefficient (Wildman–Crippen LogP) is 2.02. The zero-order chi connectivity index (χ0) is 16.2. The van der Waals surface area contributed by atoms with Crippen LogP contribution >= 0.6 is 0 Å². The number of aromatic nitrogens is 2. The molecule has 0 saturated heterocycles. The highest BCUT2D eigenvalue weighted by Crippen LogP contribution is 2.27. The molecule has 2 rings (SSSR count). The van der Waals surface area contributed by atoms with E-state index in [9.17, 15) is 21.6 Å². The summed E-state index contributed by atoms with van der Waals surface area (Å²) in [5.74, 6) is -0.180. The first-order valence-corrected chi connectivity index (χ1v) is 8.03. The van der Waals surface area contributed by atoms with Gasteiger partial charge < -0.3 is 0 Å². The van der Waals surface area contributed by atoms with E-state index in [0.29, 0.717) is 5.56 Å². The maximum absolute atomic E-state index is 12.4. The van der Waals surface area contributed by atoms with Gasteiger partial charge in [0.25, 0.3) is 0 Å². The van der Waals surface area contributed by atoms with Crippen molar-refractivity contribution in [3.05, 3.63) is 53.9 Å². The van der Waals surface area contributed by atoms with E-state index in [1.165, 1.54) is 0 Å². The topological polar surface area (TPSA) is 64.0 Å². The first-order valence-electron chi connectivity index (χ1n) is 6.38. The van der Waals surface area contributed by atoms with Crippen LogP contribution in [-0.4, -0.2) is 24.7 Å². The summed E-state index contributed by atoms with van der Waals surface area (Å²) in [5, 5.41) is 3.34. The van der Waals surface area contributed by atoms with Gasteiger partial charge in [0.1, 0.15) is 0 Å². The van der Waals surface area contributed by atoms with Gasteiger partial charge in [-0.2, -0.15) is 18.3 Å². The third kappa shape index (κ3) is 4.85. The van der Waals surface area contributed by atoms with Crippen molar-refractivity contribution < 1.29 is 21.6 Å². The Morgan fingerprint density at radius 1 is 1.14 bits per heavy atom. The molecular formula is C13H14F3N3O2S. The van der Waals surface area contributed by atoms with Crippen molar-refractivity contribution in [3.8, 4) is 0 Å². The van der Waals surface area contributed by atoms with Gasteiger partial charge in [0.2, 0.25) is 10.0 Å². The summed E-state index contributed by atoms with van der Waals surface area (Å²) in [4.78, 5) is 0. The second-order valence-corrected chi connectivity index (χ2v) is 6.41. The van der Waals surface area contributed by atoms with Gasteiger partial charge in [0.05, 0.1) is 12.3 Å². The third-order valence-electron chi connectivity index (χ3n) is 2.79. The van der Waals surface area contributed by atoms with Crippen LogP contribution in [0.2, 0.25) is 0 Å². The van der Waals surface area contributed by atoms with E-state index in [0.717, 1.165) is 16.9 Å². The van der Waals surface area contributed by atoms with Crippen molar-refractivity contribution in [1.82, 2.24) is 14.5 Å². The monoisotopic (exact) mass is 333 g/mol. The Labute approximate surface area is 125 Å². The smallest absolute Gasteiger partial charge is 0.271 e. The Hall–Kier alpha value is -1.87. The van der Waals surface area contributed by atoms with Crippen LogP contribution in [0.3, 0.4) is 0 Å². The average Bonchev–Trinajstić information content (AvgIpc) is 2.88. The fourth-order valence-corrected chi connectivity index (χ4v) is 2.93. The molecule has 0 aliphatic rings. The van der Waals surface area contributed by atoms with Gasteiger partial charge in [-0.15, -0.1) is 0 Å². The van der Waals surface area contributed by atoms with Crippen molar-refractivity contribution in [2.24, 2.45) is 0 Å². The van der Waals surface area contributed by atoms with Gasteiger partial charge in [0, 0.05) is 12.7 Å². The summed E-state index contributed by atoms with van der Waals surface area (Å²) < 4.78 is 64.2. The first kappa shape index (κ1) is 16.5. The van der Waals surface area contributed by atoms with Crippen LogP contribution in [-0.2, 0) is 28.5 Å². The second-order valence-electron chi connectivity index (χ2n) is 4.60. The molecule has 2 aromatic rings. The van der Waals surface area contributed by atoms with Crippen molar-refractivity contribution in [1.29, 1.82) is 0 Å². The van der Waals surface area contributed by atoms with E-state index < -0.39 is 21.9 Å². The molecule has 1 heterocycles. The second kappa shape index (κ2) is 6.49. The lowest BCUT2D eigenvalue weighted by Crippen LogP contribution is -2.28. The molecule has 0 bridgehead atoms. The number of benzene rings is 1. The van der Waals surface area contributed by atoms with Gasteiger partial charge in [-0.05, 0) is 11.6 Å². The molecule has 120 valence electrons. The largest absolute Gasteiger partial charge is 0.435 e. The van der Waals surface area contributed by atoms with Crippen molar-refractivity contribution >= 4 is 10.0 Å². The Bertz CT molecular complexity index is 712. The Morgan fingerprint density at radius 3 is 2.41 bits per heavy atom. The minimum absolute atomic E-state index is 0.0180. The fourth-order valence-electron chi connectivity index (χ4n) is 1.80. The van der Waals surface area contributed by atoms with E-state index >= 15 is 0 Å². The van der Waals surface area contributed by atoms with Crippen LogP contribution in [0.4, 0.5) is 13.2 Å². The minimum atomic E-state index is -4.50. The molecule has 22 heavy (non-hydrogen) atoms. The van der Waals surface area contributed by atoms with E-state index in [1.54, 1.807) is 30.3 Å². The fraction of sp³-hybridized carbons (Fsp3) is 0.308. The normalized spacial score (nSPS) is 12.5. The molecule has 0 aliphatic heterocycles. The maximum atomic E-state index is 12.4. The number of sulfonamides is 1.